The summed E-state index contributed by atoms with van der Waals surface area (Å²) in [6.07, 6.45) is 1.72. The number of aryl methyl sites for hydroxylation is 1. The first-order chi connectivity index (χ1) is 11.2. The molecule has 24 heavy (non-hydrogen) atoms. The zero-order valence-corrected chi connectivity index (χ0v) is 15.3. The Morgan fingerprint density at radius 3 is 2.79 bits per heavy atom. The summed E-state index contributed by atoms with van der Waals surface area (Å²) < 4.78 is 1.72. The molecule has 1 amide bonds. The fourth-order valence-electron chi connectivity index (χ4n) is 2.20. The van der Waals surface area contributed by atoms with Crippen molar-refractivity contribution in [3.8, 4) is 0 Å². The Morgan fingerprint density at radius 2 is 2.17 bits per heavy atom. The molecule has 1 heterocycles. The molecule has 1 atom stereocenters. The standard InChI is InChI=1S/C18H24ClN3O2/c1-12(2)18(4,24)11-20-17(23)16-10-22(21-13(16)3)9-14-6-5-7-15(19)8-14/h5-8,10,12,24H,9,11H2,1-4H3,(H,20,23). The smallest absolute Gasteiger partial charge is 0.254 e. The number of carbonyl (C=O) groups is 1. The van der Waals surface area contributed by atoms with E-state index < -0.39 is 5.60 Å². The Hall–Kier alpha value is -1.85. The van der Waals surface area contributed by atoms with Gasteiger partial charge in [-0.15, -0.1) is 0 Å². The van der Waals surface area contributed by atoms with Gasteiger partial charge in [0.1, 0.15) is 0 Å². The van der Waals surface area contributed by atoms with Crippen molar-refractivity contribution in [2.24, 2.45) is 5.92 Å². The summed E-state index contributed by atoms with van der Waals surface area (Å²) >= 11 is 5.99. The van der Waals surface area contributed by atoms with Crippen LogP contribution in [0.4, 0.5) is 0 Å². The lowest BCUT2D eigenvalue weighted by molar-refractivity contribution is 0.0142. The normalized spacial score (nSPS) is 13.8. The molecule has 0 aliphatic rings. The summed E-state index contributed by atoms with van der Waals surface area (Å²) in [7, 11) is 0. The van der Waals surface area contributed by atoms with Crippen LogP contribution < -0.4 is 5.32 Å². The van der Waals surface area contributed by atoms with Gasteiger partial charge in [0.15, 0.2) is 0 Å². The number of nitrogens with zero attached hydrogens (tertiary/aromatic N) is 2. The predicted octanol–water partition coefficient (Wildman–Crippen LogP) is 3.03. The average molecular weight is 350 g/mol. The Bertz CT molecular complexity index is 723. The molecule has 0 fully saturated rings. The van der Waals surface area contributed by atoms with Crippen LogP contribution >= 0.6 is 11.6 Å². The molecule has 1 aromatic heterocycles. The molecule has 0 saturated heterocycles. The number of hydrogen-bond donors (Lipinski definition) is 2. The summed E-state index contributed by atoms with van der Waals surface area (Å²) in [5.41, 5.74) is 1.23. The van der Waals surface area contributed by atoms with Crippen molar-refractivity contribution in [3.05, 3.63) is 52.3 Å². The van der Waals surface area contributed by atoms with E-state index in [4.69, 9.17) is 11.6 Å². The number of amides is 1. The molecule has 0 bridgehead atoms. The van der Waals surface area contributed by atoms with Crippen molar-refractivity contribution in [2.75, 3.05) is 6.54 Å². The van der Waals surface area contributed by atoms with E-state index in [0.29, 0.717) is 22.8 Å². The molecule has 2 rings (SSSR count). The maximum absolute atomic E-state index is 12.4. The van der Waals surface area contributed by atoms with Crippen LogP contribution in [0.15, 0.2) is 30.5 Å². The van der Waals surface area contributed by atoms with Gasteiger partial charge in [-0.3, -0.25) is 9.48 Å². The number of nitrogens with one attached hydrogen (secondary N) is 1. The third kappa shape index (κ3) is 4.58. The number of benzene rings is 1. The van der Waals surface area contributed by atoms with Gasteiger partial charge in [0.05, 0.1) is 23.4 Å². The van der Waals surface area contributed by atoms with Gasteiger partial charge in [-0.05, 0) is 37.5 Å². The number of aromatic nitrogens is 2. The lowest BCUT2D eigenvalue weighted by Gasteiger charge is -2.27. The topological polar surface area (TPSA) is 67.2 Å². The second-order valence-electron chi connectivity index (χ2n) is 6.65. The minimum atomic E-state index is -0.944. The summed E-state index contributed by atoms with van der Waals surface area (Å²) in [6, 6.07) is 7.54. The fraction of sp³-hybridized carbons (Fsp3) is 0.444. The summed E-state index contributed by atoms with van der Waals surface area (Å²) in [6.45, 7) is 8.08. The number of carbonyl (C=O) groups excluding carboxylic acids is 1. The highest BCUT2D eigenvalue weighted by Gasteiger charge is 2.26. The van der Waals surface area contributed by atoms with Crippen LogP contribution in [-0.4, -0.2) is 32.9 Å². The average Bonchev–Trinajstić information content (AvgIpc) is 2.85. The molecule has 0 saturated carbocycles. The predicted molar refractivity (Wildman–Crippen MR) is 95.3 cm³/mol. The molecule has 0 radical (unpaired) electrons. The van der Waals surface area contributed by atoms with Gasteiger partial charge in [0.2, 0.25) is 0 Å². The largest absolute Gasteiger partial charge is 0.388 e. The van der Waals surface area contributed by atoms with Crippen molar-refractivity contribution in [1.82, 2.24) is 15.1 Å². The fourth-order valence-corrected chi connectivity index (χ4v) is 2.42. The quantitative estimate of drug-likeness (QED) is 0.842. The van der Waals surface area contributed by atoms with E-state index in [1.165, 1.54) is 0 Å². The SMILES string of the molecule is Cc1nn(Cc2cccc(Cl)c2)cc1C(=O)NCC(C)(O)C(C)C. The molecule has 0 aliphatic carbocycles. The maximum Gasteiger partial charge on any atom is 0.254 e. The first kappa shape index (κ1) is 18.5. The lowest BCUT2D eigenvalue weighted by atomic mass is 9.92. The molecule has 1 aromatic carbocycles. The van der Waals surface area contributed by atoms with Gasteiger partial charge < -0.3 is 10.4 Å². The molecular weight excluding hydrogens is 326 g/mol. The van der Waals surface area contributed by atoms with E-state index in [1.807, 2.05) is 38.1 Å². The van der Waals surface area contributed by atoms with Gasteiger partial charge in [-0.25, -0.2) is 0 Å². The molecule has 1 unspecified atom stereocenters. The third-order valence-corrected chi connectivity index (χ3v) is 4.51. The van der Waals surface area contributed by atoms with Crippen molar-refractivity contribution < 1.29 is 9.90 Å². The molecule has 2 aromatic rings. The molecule has 6 heteroatoms. The summed E-state index contributed by atoms with van der Waals surface area (Å²) in [5.74, 6) is -0.185. The van der Waals surface area contributed by atoms with Crippen LogP contribution in [0.5, 0.6) is 0 Å². The molecule has 5 nitrogen and oxygen atoms in total. The van der Waals surface area contributed by atoms with Crippen molar-refractivity contribution in [2.45, 2.75) is 39.8 Å². The van der Waals surface area contributed by atoms with Gasteiger partial charge in [0.25, 0.3) is 5.91 Å². The van der Waals surface area contributed by atoms with Gasteiger partial charge in [0, 0.05) is 17.8 Å². The monoisotopic (exact) mass is 349 g/mol. The minimum absolute atomic E-state index is 0.0458. The first-order valence-corrected chi connectivity index (χ1v) is 8.36. The Labute approximate surface area is 147 Å². The zero-order chi connectivity index (χ0) is 17.9. The van der Waals surface area contributed by atoms with Crippen LogP contribution in [0.2, 0.25) is 5.02 Å². The number of rotatable bonds is 6. The zero-order valence-electron chi connectivity index (χ0n) is 14.5. The highest BCUT2D eigenvalue weighted by molar-refractivity contribution is 6.30. The number of hydrogen-bond acceptors (Lipinski definition) is 3. The van der Waals surface area contributed by atoms with Gasteiger partial charge in [-0.2, -0.15) is 5.10 Å². The van der Waals surface area contributed by atoms with Crippen LogP contribution in [0.1, 0.15) is 42.4 Å². The number of aliphatic hydroxyl groups is 1. The van der Waals surface area contributed by atoms with E-state index in [-0.39, 0.29) is 18.4 Å². The van der Waals surface area contributed by atoms with E-state index in [0.717, 1.165) is 5.56 Å². The van der Waals surface area contributed by atoms with Gasteiger partial charge in [-0.1, -0.05) is 37.6 Å². The van der Waals surface area contributed by atoms with E-state index in [2.05, 4.69) is 10.4 Å². The van der Waals surface area contributed by atoms with Crippen LogP contribution in [0.25, 0.3) is 0 Å². The van der Waals surface area contributed by atoms with Crippen molar-refractivity contribution >= 4 is 17.5 Å². The molecule has 0 aliphatic heterocycles. The Balaban J connectivity index is 2.07. The van der Waals surface area contributed by atoms with Crippen LogP contribution in [-0.2, 0) is 6.54 Å². The molecule has 2 N–H and O–H groups in total. The highest BCUT2D eigenvalue weighted by atomic mass is 35.5. The Morgan fingerprint density at radius 1 is 1.46 bits per heavy atom. The second kappa shape index (κ2) is 7.36. The van der Waals surface area contributed by atoms with Crippen molar-refractivity contribution in [3.63, 3.8) is 0 Å². The van der Waals surface area contributed by atoms with Crippen LogP contribution in [0, 0.1) is 12.8 Å². The first-order valence-electron chi connectivity index (χ1n) is 7.98. The van der Waals surface area contributed by atoms with Crippen LogP contribution in [0.3, 0.4) is 0 Å². The molecule has 130 valence electrons. The maximum atomic E-state index is 12.4. The second-order valence-corrected chi connectivity index (χ2v) is 7.09. The number of halogens is 1. The molecular formula is C18H24ClN3O2. The van der Waals surface area contributed by atoms with E-state index in [1.54, 1.807) is 24.7 Å². The van der Waals surface area contributed by atoms with E-state index in [9.17, 15) is 9.90 Å². The molecule has 0 spiro atoms. The van der Waals surface area contributed by atoms with E-state index >= 15 is 0 Å². The van der Waals surface area contributed by atoms with Gasteiger partial charge >= 0.3 is 0 Å². The van der Waals surface area contributed by atoms with Crippen molar-refractivity contribution in [1.29, 1.82) is 0 Å². The highest BCUT2D eigenvalue weighted by Crippen LogP contribution is 2.16. The lowest BCUT2D eigenvalue weighted by Crippen LogP contribution is -2.44. The summed E-state index contributed by atoms with van der Waals surface area (Å²) in [4.78, 5) is 12.4. The summed E-state index contributed by atoms with van der Waals surface area (Å²) in [5, 5.41) is 18.1. The Kier molecular flexibility index (Phi) is 5.67. The third-order valence-electron chi connectivity index (χ3n) is 4.28. The minimum Gasteiger partial charge on any atom is -0.388 e.